The summed E-state index contributed by atoms with van der Waals surface area (Å²) in [6, 6.07) is 62.0. The second kappa shape index (κ2) is 9.50. The Morgan fingerprint density at radius 3 is 1.78 bits per heavy atom. The topological polar surface area (TPSA) is 17.3 Å². The Hall–Kier alpha value is -5.99. The summed E-state index contributed by atoms with van der Waals surface area (Å²) in [5, 5.41) is 3.65. The van der Waals surface area contributed by atoms with Gasteiger partial charge < -0.3 is 0 Å². The van der Waals surface area contributed by atoms with Gasteiger partial charge in [0.05, 0.1) is 22.0 Å². The molecule has 0 unspecified atom stereocenters. The monoisotopic (exact) mass is 584 g/mol. The van der Waals surface area contributed by atoms with E-state index in [4.69, 9.17) is 4.98 Å². The van der Waals surface area contributed by atoms with Gasteiger partial charge in [-0.15, -0.1) is 0 Å². The van der Waals surface area contributed by atoms with Gasteiger partial charge >= 0.3 is 0 Å². The van der Waals surface area contributed by atoms with E-state index in [0.717, 1.165) is 16.7 Å². The number of nitrogens with zero attached hydrogens (tertiary/aromatic N) is 2. The number of fused-ring (bicyclic) bond motifs is 11. The van der Waals surface area contributed by atoms with Crippen molar-refractivity contribution in [1.82, 2.24) is 9.38 Å². The normalized spacial score (nSPS) is 13.4. The van der Waals surface area contributed by atoms with Crippen LogP contribution in [-0.4, -0.2) is 9.38 Å². The van der Waals surface area contributed by atoms with Crippen LogP contribution >= 0.6 is 0 Å². The zero-order valence-electron chi connectivity index (χ0n) is 25.1. The minimum absolute atomic E-state index is 0.421. The lowest BCUT2D eigenvalue weighted by Gasteiger charge is -2.34. The van der Waals surface area contributed by atoms with Crippen molar-refractivity contribution in [2.24, 2.45) is 0 Å². The van der Waals surface area contributed by atoms with Crippen LogP contribution in [0.1, 0.15) is 22.3 Å². The Kier molecular flexibility index (Phi) is 5.24. The summed E-state index contributed by atoms with van der Waals surface area (Å²) in [4.78, 5) is 5.27. The average Bonchev–Trinajstić information content (AvgIpc) is 3.66. The van der Waals surface area contributed by atoms with Crippen molar-refractivity contribution in [3.8, 4) is 22.3 Å². The van der Waals surface area contributed by atoms with Gasteiger partial charge in [0.15, 0.2) is 0 Å². The number of imidazole rings is 1. The number of hydrogen-bond donors (Lipinski definition) is 0. The molecule has 0 saturated carbocycles. The average molecular weight is 585 g/mol. The van der Waals surface area contributed by atoms with Crippen LogP contribution in [0.4, 0.5) is 0 Å². The molecule has 0 fully saturated rings. The maximum Gasteiger partial charge on any atom is 0.146 e. The molecule has 2 heterocycles. The van der Waals surface area contributed by atoms with Gasteiger partial charge in [0.2, 0.25) is 0 Å². The van der Waals surface area contributed by atoms with E-state index in [1.165, 1.54) is 66.2 Å². The summed E-state index contributed by atoms with van der Waals surface area (Å²) in [6.45, 7) is 0. The third-order valence-electron chi connectivity index (χ3n) is 10.0. The molecule has 7 aromatic carbocycles. The fourth-order valence-corrected chi connectivity index (χ4v) is 8.12. The second-order valence-electron chi connectivity index (χ2n) is 12.3. The van der Waals surface area contributed by atoms with Gasteiger partial charge in [-0.05, 0) is 74.2 Å². The highest BCUT2D eigenvalue weighted by Gasteiger charge is 2.46. The molecule has 0 bridgehead atoms. The second-order valence-corrected chi connectivity index (χ2v) is 12.3. The van der Waals surface area contributed by atoms with Crippen LogP contribution in [0.3, 0.4) is 0 Å². The van der Waals surface area contributed by atoms with Crippen LogP contribution in [0, 0.1) is 0 Å². The zero-order valence-corrected chi connectivity index (χ0v) is 25.1. The molecule has 9 aromatic rings. The number of rotatable bonds is 3. The van der Waals surface area contributed by atoms with E-state index in [0.29, 0.717) is 0 Å². The number of hydrogen-bond acceptors (Lipinski definition) is 1. The van der Waals surface area contributed by atoms with Crippen LogP contribution in [-0.2, 0) is 5.41 Å². The molecule has 10 rings (SSSR count). The smallest absolute Gasteiger partial charge is 0.146 e. The molecular formula is C44H28N2. The first kappa shape index (κ1) is 25.3. The summed E-state index contributed by atoms with van der Waals surface area (Å²) < 4.78 is 2.33. The van der Waals surface area contributed by atoms with Crippen LogP contribution in [0.2, 0.25) is 0 Å². The van der Waals surface area contributed by atoms with Crippen LogP contribution in [0.5, 0.6) is 0 Å². The maximum absolute atomic E-state index is 5.27. The zero-order chi connectivity index (χ0) is 30.2. The first-order chi connectivity index (χ1) is 22.8. The SMILES string of the molecule is c1ccc(C2(c3ccccc3)c3ccccc3-c3ccc(-c4ccc5c(c4)nc4c6ccccc6c6ccccc6n54)cc32)cc1. The van der Waals surface area contributed by atoms with E-state index >= 15 is 0 Å². The Morgan fingerprint density at radius 2 is 1.00 bits per heavy atom. The van der Waals surface area contributed by atoms with E-state index in [2.05, 4.69) is 174 Å². The van der Waals surface area contributed by atoms with Crippen molar-refractivity contribution in [3.63, 3.8) is 0 Å². The van der Waals surface area contributed by atoms with Crippen molar-refractivity contribution in [3.05, 3.63) is 192 Å². The third kappa shape index (κ3) is 3.33. The van der Waals surface area contributed by atoms with Crippen LogP contribution < -0.4 is 0 Å². The fourth-order valence-electron chi connectivity index (χ4n) is 8.12. The molecule has 46 heavy (non-hydrogen) atoms. The lowest BCUT2D eigenvalue weighted by molar-refractivity contribution is 0.769. The molecule has 1 aliphatic rings. The molecule has 2 aromatic heterocycles. The van der Waals surface area contributed by atoms with E-state index in [1.54, 1.807) is 0 Å². The fraction of sp³-hybridized carbons (Fsp3) is 0.0227. The summed E-state index contributed by atoms with van der Waals surface area (Å²) in [5.74, 6) is 0. The van der Waals surface area contributed by atoms with E-state index in [9.17, 15) is 0 Å². The Morgan fingerprint density at radius 1 is 0.413 bits per heavy atom. The number of pyridine rings is 1. The summed E-state index contributed by atoms with van der Waals surface area (Å²) in [5.41, 5.74) is 14.0. The maximum atomic E-state index is 5.27. The van der Waals surface area contributed by atoms with Gasteiger partial charge in [-0.3, -0.25) is 4.40 Å². The van der Waals surface area contributed by atoms with Gasteiger partial charge in [0, 0.05) is 10.8 Å². The Bertz CT molecular complexity index is 2590. The highest BCUT2D eigenvalue weighted by molar-refractivity contribution is 6.13. The van der Waals surface area contributed by atoms with Gasteiger partial charge in [-0.1, -0.05) is 146 Å². The number of para-hydroxylation sites is 1. The van der Waals surface area contributed by atoms with Crippen LogP contribution in [0.15, 0.2) is 170 Å². The Labute approximate surface area is 266 Å². The van der Waals surface area contributed by atoms with Crippen molar-refractivity contribution < 1.29 is 0 Å². The predicted octanol–water partition coefficient (Wildman–Crippen LogP) is 10.8. The van der Waals surface area contributed by atoms with Gasteiger partial charge in [0.1, 0.15) is 5.65 Å². The molecular weight excluding hydrogens is 556 g/mol. The van der Waals surface area contributed by atoms with Crippen molar-refractivity contribution in [2.45, 2.75) is 5.41 Å². The number of benzene rings is 7. The molecule has 0 aliphatic heterocycles. The summed E-state index contributed by atoms with van der Waals surface area (Å²) in [6.07, 6.45) is 0. The molecule has 0 amide bonds. The molecule has 0 spiro atoms. The van der Waals surface area contributed by atoms with Gasteiger partial charge in [-0.2, -0.15) is 0 Å². The predicted molar refractivity (Wildman–Crippen MR) is 190 cm³/mol. The molecule has 2 heteroatoms. The minimum atomic E-state index is -0.421. The summed E-state index contributed by atoms with van der Waals surface area (Å²) >= 11 is 0. The van der Waals surface area contributed by atoms with Crippen molar-refractivity contribution in [2.75, 3.05) is 0 Å². The van der Waals surface area contributed by atoms with E-state index in [-0.39, 0.29) is 0 Å². The van der Waals surface area contributed by atoms with Gasteiger partial charge in [-0.25, -0.2) is 4.98 Å². The van der Waals surface area contributed by atoms with E-state index in [1.807, 2.05) is 0 Å². The lowest BCUT2D eigenvalue weighted by Crippen LogP contribution is -2.28. The highest BCUT2D eigenvalue weighted by atomic mass is 15.0. The standard InChI is InChI=1S/C44H28N2/c1-3-13-31(14-4-1)44(32-15-5-2-6-16-32)38-21-11-9-18-34(38)35-25-23-29(27-39(35)44)30-24-26-42-40(28-30)45-43-37-20-8-7-17-33(37)36-19-10-12-22-41(36)46(42)43/h1-28H. The Balaban J connectivity index is 1.24. The molecule has 1 aliphatic carbocycles. The largest absolute Gasteiger partial charge is 0.292 e. The van der Waals surface area contributed by atoms with Gasteiger partial charge in [0.25, 0.3) is 0 Å². The van der Waals surface area contributed by atoms with Crippen LogP contribution in [0.25, 0.3) is 60.6 Å². The van der Waals surface area contributed by atoms with Crippen molar-refractivity contribution in [1.29, 1.82) is 0 Å². The molecule has 0 radical (unpaired) electrons. The van der Waals surface area contributed by atoms with Crippen molar-refractivity contribution >= 4 is 38.4 Å². The first-order valence-electron chi connectivity index (χ1n) is 15.9. The minimum Gasteiger partial charge on any atom is -0.292 e. The summed E-state index contributed by atoms with van der Waals surface area (Å²) in [7, 11) is 0. The first-order valence-corrected chi connectivity index (χ1v) is 15.9. The molecule has 214 valence electrons. The molecule has 0 saturated heterocycles. The molecule has 2 nitrogen and oxygen atoms in total. The molecule has 0 atom stereocenters. The quantitative estimate of drug-likeness (QED) is 0.189. The highest BCUT2D eigenvalue weighted by Crippen LogP contribution is 2.56. The third-order valence-corrected chi connectivity index (χ3v) is 10.0. The van der Waals surface area contributed by atoms with E-state index < -0.39 is 5.41 Å². The lowest BCUT2D eigenvalue weighted by atomic mass is 9.67. The molecule has 0 N–H and O–H groups in total. The number of aromatic nitrogens is 2.